The second-order valence-corrected chi connectivity index (χ2v) is 2.34. The van der Waals surface area contributed by atoms with E-state index >= 15 is 0 Å². The molecule has 1 aromatic carbocycles. The highest BCUT2D eigenvalue weighted by Crippen LogP contribution is 2.26. The normalized spacial score (nSPS) is 9.50. The molecular weight excluding hydrogens is 152 g/mol. The van der Waals surface area contributed by atoms with Gasteiger partial charge in [0.2, 0.25) is 0 Å². The summed E-state index contributed by atoms with van der Waals surface area (Å²) in [5.74, 6) is 1.53. The van der Waals surface area contributed by atoms with Gasteiger partial charge in [0.1, 0.15) is 6.61 Å². The zero-order valence-electron chi connectivity index (χ0n) is 7.41. The molecule has 65 valence electrons. The Kier molecular flexibility index (Phi) is 3.45. The van der Waals surface area contributed by atoms with Crippen LogP contribution in [-0.2, 0) is 0 Å². The number of para-hydroxylation sites is 2. The maximum absolute atomic E-state index is 5.33. The third kappa shape index (κ3) is 2.16. The highest BCUT2D eigenvalue weighted by atomic mass is 16.5. The van der Waals surface area contributed by atoms with Crippen LogP contribution in [-0.4, -0.2) is 7.11 Å². The first-order valence-electron chi connectivity index (χ1n) is 3.99. The summed E-state index contributed by atoms with van der Waals surface area (Å²) < 4.78 is 10.4. The third-order valence-corrected chi connectivity index (χ3v) is 1.45. The Hall–Kier alpha value is -1.18. The van der Waals surface area contributed by atoms with Crippen molar-refractivity contribution in [3.05, 3.63) is 30.9 Å². The summed E-state index contributed by atoms with van der Waals surface area (Å²) in [6.07, 6.45) is 0.887. The summed E-state index contributed by atoms with van der Waals surface area (Å²) in [4.78, 5) is 0. The van der Waals surface area contributed by atoms with E-state index in [1.54, 1.807) is 13.7 Å². The number of hydrogen-bond donors (Lipinski definition) is 0. The Labute approximate surface area is 73.1 Å². The molecule has 0 saturated carbocycles. The molecule has 1 radical (unpaired) electrons. The quantitative estimate of drug-likeness (QED) is 0.682. The van der Waals surface area contributed by atoms with Crippen LogP contribution in [0.1, 0.15) is 13.3 Å². The number of hydrogen-bond acceptors (Lipinski definition) is 2. The van der Waals surface area contributed by atoms with Crippen LogP contribution in [0.15, 0.2) is 24.3 Å². The summed E-state index contributed by atoms with van der Waals surface area (Å²) in [5.41, 5.74) is 0. The van der Waals surface area contributed by atoms with Gasteiger partial charge in [-0.3, -0.25) is 0 Å². The Morgan fingerprint density at radius 2 is 1.92 bits per heavy atom. The van der Waals surface area contributed by atoms with Gasteiger partial charge in [0, 0.05) is 0 Å². The molecule has 1 aromatic rings. The molecule has 0 atom stereocenters. The van der Waals surface area contributed by atoms with E-state index in [-0.39, 0.29) is 0 Å². The minimum absolute atomic E-state index is 0.766. The summed E-state index contributed by atoms with van der Waals surface area (Å²) in [6, 6.07) is 7.59. The van der Waals surface area contributed by atoms with Gasteiger partial charge in [0.05, 0.1) is 7.11 Å². The lowest BCUT2D eigenvalue weighted by Crippen LogP contribution is -1.91. The molecule has 2 nitrogen and oxygen atoms in total. The maximum Gasteiger partial charge on any atom is 0.161 e. The fourth-order valence-electron chi connectivity index (χ4n) is 0.889. The van der Waals surface area contributed by atoms with E-state index < -0.39 is 0 Å². The van der Waals surface area contributed by atoms with Crippen molar-refractivity contribution in [2.45, 2.75) is 13.3 Å². The van der Waals surface area contributed by atoms with E-state index in [9.17, 15) is 0 Å². The molecule has 0 saturated heterocycles. The van der Waals surface area contributed by atoms with Crippen molar-refractivity contribution < 1.29 is 9.47 Å². The van der Waals surface area contributed by atoms with Crippen LogP contribution in [0, 0.1) is 6.61 Å². The van der Waals surface area contributed by atoms with Crippen molar-refractivity contribution in [1.82, 2.24) is 0 Å². The molecule has 0 aliphatic rings. The first-order valence-corrected chi connectivity index (χ1v) is 3.99. The minimum atomic E-state index is 0.766. The minimum Gasteiger partial charge on any atom is -0.493 e. The van der Waals surface area contributed by atoms with Crippen molar-refractivity contribution in [1.29, 1.82) is 0 Å². The second kappa shape index (κ2) is 4.65. The fourth-order valence-corrected chi connectivity index (χ4v) is 0.889. The zero-order chi connectivity index (χ0) is 8.81. The predicted octanol–water partition coefficient (Wildman–Crippen LogP) is 2.65. The van der Waals surface area contributed by atoms with E-state index in [2.05, 4.69) is 0 Å². The van der Waals surface area contributed by atoms with Crippen molar-refractivity contribution >= 4 is 0 Å². The lowest BCUT2D eigenvalue weighted by molar-refractivity contribution is 0.348. The molecule has 0 spiro atoms. The maximum atomic E-state index is 5.33. The Balaban J connectivity index is 2.68. The molecule has 1 rings (SSSR count). The average Bonchev–Trinajstić information content (AvgIpc) is 2.15. The largest absolute Gasteiger partial charge is 0.493 e. The van der Waals surface area contributed by atoms with Gasteiger partial charge in [-0.2, -0.15) is 0 Å². The molecule has 12 heavy (non-hydrogen) atoms. The third-order valence-electron chi connectivity index (χ3n) is 1.45. The molecule has 2 heteroatoms. The molecular formula is C10H13O2. The smallest absolute Gasteiger partial charge is 0.161 e. The second-order valence-electron chi connectivity index (χ2n) is 2.34. The van der Waals surface area contributed by atoms with Crippen LogP contribution >= 0.6 is 0 Å². The summed E-state index contributed by atoms with van der Waals surface area (Å²) in [6.45, 7) is 3.77. The Morgan fingerprint density at radius 3 is 2.50 bits per heavy atom. The monoisotopic (exact) mass is 165 g/mol. The van der Waals surface area contributed by atoms with E-state index in [1.807, 2.05) is 31.2 Å². The summed E-state index contributed by atoms with van der Waals surface area (Å²) >= 11 is 0. The highest BCUT2D eigenvalue weighted by molar-refractivity contribution is 5.39. The SMILES string of the molecule is CC[CH]Oc1ccccc1OC. The van der Waals surface area contributed by atoms with Gasteiger partial charge in [-0.1, -0.05) is 19.1 Å². The molecule has 0 N–H and O–H groups in total. The Morgan fingerprint density at radius 1 is 1.25 bits per heavy atom. The van der Waals surface area contributed by atoms with E-state index in [0.717, 1.165) is 17.9 Å². The molecule has 0 aliphatic heterocycles. The predicted molar refractivity (Wildman–Crippen MR) is 48.2 cm³/mol. The molecule has 0 fully saturated rings. The van der Waals surface area contributed by atoms with Gasteiger partial charge in [0.25, 0.3) is 0 Å². The van der Waals surface area contributed by atoms with Crippen LogP contribution < -0.4 is 9.47 Å². The van der Waals surface area contributed by atoms with E-state index in [0.29, 0.717) is 0 Å². The van der Waals surface area contributed by atoms with Gasteiger partial charge in [-0.25, -0.2) is 0 Å². The molecule has 0 heterocycles. The Bertz CT molecular complexity index is 233. The first-order chi connectivity index (χ1) is 5.88. The van der Waals surface area contributed by atoms with Gasteiger partial charge in [0.15, 0.2) is 11.5 Å². The topological polar surface area (TPSA) is 18.5 Å². The van der Waals surface area contributed by atoms with Gasteiger partial charge >= 0.3 is 0 Å². The molecule has 0 amide bonds. The number of rotatable bonds is 4. The van der Waals surface area contributed by atoms with Crippen molar-refractivity contribution in [3.63, 3.8) is 0 Å². The van der Waals surface area contributed by atoms with Crippen LogP contribution in [0.3, 0.4) is 0 Å². The van der Waals surface area contributed by atoms with Gasteiger partial charge < -0.3 is 9.47 Å². The number of ether oxygens (including phenoxy) is 2. The van der Waals surface area contributed by atoms with Crippen molar-refractivity contribution in [2.24, 2.45) is 0 Å². The lowest BCUT2D eigenvalue weighted by Gasteiger charge is -2.07. The van der Waals surface area contributed by atoms with E-state index in [4.69, 9.17) is 9.47 Å². The number of methoxy groups -OCH3 is 1. The first kappa shape index (κ1) is 8.91. The van der Waals surface area contributed by atoms with Crippen LogP contribution in [0.5, 0.6) is 11.5 Å². The summed E-state index contributed by atoms with van der Waals surface area (Å²) in [7, 11) is 1.63. The molecule has 0 aliphatic carbocycles. The summed E-state index contributed by atoms with van der Waals surface area (Å²) in [5, 5.41) is 0. The van der Waals surface area contributed by atoms with Crippen molar-refractivity contribution in [2.75, 3.05) is 7.11 Å². The number of benzene rings is 1. The molecule has 0 unspecified atom stereocenters. The van der Waals surface area contributed by atoms with E-state index in [1.165, 1.54) is 0 Å². The highest BCUT2D eigenvalue weighted by Gasteiger charge is 2.00. The molecule has 0 bridgehead atoms. The van der Waals surface area contributed by atoms with Crippen LogP contribution in [0.4, 0.5) is 0 Å². The van der Waals surface area contributed by atoms with Crippen molar-refractivity contribution in [3.8, 4) is 11.5 Å². The zero-order valence-corrected chi connectivity index (χ0v) is 7.41. The van der Waals surface area contributed by atoms with Gasteiger partial charge in [-0.05, 0) is 18.6 Å². The van der Waals surface area contributed by atoms with Crippen LogP contribution in [0.2, 0.25) is 0 Å². The molecule has 0 aromatic heterocycles. The lowest BCUT2D eigenvalue weighted by atomic mass is 10.3. The van der Waals surface area contributed by atoms with Gasteiger partial charge in [-0.15, -0.1) is 0 Å². The van der Waals surface area contributed by atoms with Crippen LogP contribution in [0.25, 0.3) is 0 Å². The fraction of sp³-hybridized carbons (Fsp3) is 0.300. The standard InChI is InChI=1S/C10H13O2/c1-3-8-12-10-7-5-4-6-9(10)11-2/h4-8H,3H2,1-2H3. The average molecular weight is 165 g/mol.